The standard InChI is InChI=1S/C18H14F2N2O2S/c19-18(20)24-13-7-5-12(6-8-13)11-21-16(23)9-10-17-22-14-3-1-2-4-15(14)25-17/h1-10,18H,11H2,(H,21,23)/b10-9+. The van der Waals surface area contributed by atoms with E-state index in [0.29, 0.717) is 0 Å². The maximum Gasteiger partial charge on any atom is 0.387 e. The summed E-state index contributed by atoms with van der Waals surface area (Å²) in [6, 6.07) is 13.9. The molecule has 0 aliphatic heterocycles. The van der Waals surface area contributed by atoms with E-state index in [1.54, 1.807) is 18.2 Å². The van der Waals surface area contributed by atoms with Crippen LogP contribution >= 0.6 is 11.3 Å². The van der Waals surface area contributed by atoms with Gasteiger partial charge in [0.05, 0.1) is 10.2 Å². The number of carbonyl (C=O) groups excluding carboxylic acids is 1. The van der Waals surface area contributed by atoms with Gasteiger partial charge in [0.15, 0.2) is 0 Å². The summed E-state index contributed by atoms with van der Waals surface area (Å²) < 4.78 is 29.5. The summed E-state index contributed by atoms with van der Waals surface area (Å²) in [5, 5.41) is 3.48. The van der Waals surface area contributed by atoms with Gasteiger partial charge in [-0.05, 0) is 35.9 Å². The Labute approximate surface area is 146 Å². The lowest BCUT2D eigenvalue weighted by Gasteiger charge is -2.06. The number of para-hydroxylation sites is 1. The van der Waals surface area contributed by atoms with Crippen LogP contribution in [0.2, 0.25) is 0 Å². The first-order valence-electron chi connectivity index (χ1n) is 7.45. The fourth-order valence-electron chi connectivity index (χ4n) is 2.15. The summed E-state index contributed by atoms with van der Waals surface area (Å²) in [5.41, 5.74) is 1.68. The third-order valence-corrected chi connectivity index (χ3v) is 4.30. The van der Waals surface area contributed by atoms with Gasteiger partial charge in [-0.3, -0.25) is 4.79 Å². The first kappa shape index (κ1) is 17.0. The number of alkyl halides is 2. The second-order valence-corrected chi connectivity index (χ2v) is 6.16. The van der Waals surface area contributed by atoms with Gasteiger partial charge < -0.3 is 10.1 Å². The molecule has 4 nitrogen and oxygen atoms in total. The van der Waals surface area contributed by atoms with Crippen molar-refractivity contribution < 1.29 is 18.3 Å². The number of benzene rings is 2. The second kappa shape index (κ2) is 7.85. The SMILES string of the molecule is O=C(/C=C/c1nc2ccccc2s1)NCc1ccc(OC(F)F)cc1. The Morgan fingerprint density at radius 1 is 1.20 bits per heavy atom. The minimum Gasteiger partial charge on any atom is -0.435 e. The average molecular weight is 360 g/mol. The minimum absolute atomic E-state index is 0.0841. The smallest absolute Gasteiger partial charge is 0.387 e. The zero-order valence-electron chi connectivity index (χ0n) is 13.0. The summed E-state index contributed by atoms with van der Waals surface area (Å²) in [7, 11) is 0. The number of ether oxygens (including phenoxy) is 1. The molecule has 0 atom stereocenters. The molecule has 7 heteroatoms. The molecule has 3 rings (SSSR count). The van der Waals surface area contributed by atoms with Crippen molar-refractivity contribution in [3.63, 3.8) is 0 Å². The van der Waals surface area contributed by atoms with Gasteiger partial charge >= 0.3 is 6.61 Å². The van der Waals surface area contributed by atoms with Crippen molar-refractivity contribution in [1.82, 2.24) is 10.3 Å². The van der Waals surface area contributed by atoms with Crippen LogP contribution in [-0.2, 0) is 11.3 Å². The lowest BCUT2D eigenvalue weighted by molar-refractivity contribution is -0.116. The zero-order valence-corrected chi connectivity index (χ0v) is 13.8. The average Bonchev–Trinajstić information content (AvgIpc) is 3.02. The first-order chi connectivity index (χ1) is 12.1. The molecule has 0 unspecified atom stereocenters. The van der Waals surface area contributed by atoms with Gasteiger partial charge in [0.25, 0.3) is 0 Å². The highest BCUT2D eigenvalue weighted by Crippen LogP contribution is 2.22. The maximum absolute atomic E-state index is 12.1. The maximum atomic E-state index is 12.1. The van der Waals surface area contributed by atoms with Crippen molar-refractivity contribution >= 4 is 33.5 Å². The molecule has 0 spiro atoms. The number of hydrogen-bond acceptors (Lipinski definition) is 4. The van der Waals surface area contributed by atoms with E-state index in [4.69, 9.17) is 0 Å². The molecule has 1 N–H and O–H groups in total. The fourth-order valence-corrected chi connectivity index (χ4v) is 3.02. The second-order valence-electron chi connectivity index (χ2n) is 5.09. The lowest BCUT2D eigenvalue weighted by Crippen LogP contribution is -2.20. The van der Waals surface area contributed by atoms with Gasteiger partial charge in [0, 0.05) is 12.6 Å². The van der Waals surface area contributed by atoms with Crippen LogP contribution in [0, 0.1) is 0 Å². The predicted octanol–water partition coefficient (Wildman–Crippen LogP) is 4.23. The fraction of sp³-hybridized carbons (Fsp3) is 0.111. The third-order valence-electron chi connectivity index (χ3n) is 3.30. The molecule has 0 saturated carbocycles. The van der Waals surface area contributed by atoms with Gasteiger partial charge in [-0.2, -0.15) is 8.78 Å². The normalized spacial score (nSPS) is 11.3. The molecule has 1 aromatic heterocycles. The number of carbonyl (C=O) groups is 1. The summed E-state index contributed by atoms with van der Waals surface area (Å²) >= 11 is 1.51. The number of aromatic nitrogens is 1. The topological polar surface area (TPSA) is 51.2 Å². The monoisotopic (exact) mass is 360 g/mol. The van der Waals surface area contributed by atoms with Crippen molar-refractivity contribution in [3.8, 4) is 5.75 Å². The number of fused-ring (bicyclic) bond motifs is 1. The summed E-state index contributed by atoms with van der Waals surface area (Å²) in [5.74, 6) is -0.173. The predicted molar refractivity (Wildman–Crippen MR) is 93.6 cm³/mol. The Morgan fingerprint density at radius 3 is 2.68 bits per heavy atom. The Morgan fingerprint density at radius 2 is 1.96 bits per heavy atom. The number of rotatable bonds is 6. The highest BCUT2D eigenvalue weighted by atomic mass is 32.1. The Kier molecular flexibility index (Phi) is 5.35. The van der Waals surface area contributed by atoms with E-state index < -0.39 is 6.61 Å². The van der Waals surface area contributed by atoms with Crippen LogP contribution in [0.3, 0.4) is 0 Å². The molecule has 0 radical (unpaired) electrons. The van der Waals surface area contributed by atoms with Gasteiger partial charge in [0.2, 0.25) is 5.91 Å². The molecule has 3 aromatic rings. The van der Waals surface area contributed by atoms with E-state index in [9.17, 15) is 13.6 Å². The summed E-state index contributed by atoms with van der Waals surface area (Å²) in [6.07, 6.45) is 3.09. The highest BCUT2D eigenvalue weighted by molar-refractivity contribution is 7.19. The number of amides is 1. The molecular formula is C18H14F2N2O2S. The van der Waals surface area contributed by atoms with Crippen molar-refractivity contribution in [2.24, 2.45) is 0 Å². The van der Waals surface area contributed by atoms with E-state index in [1.807, 2.05) is 24.3 Å². The Hall–Kier alpha value is -2.80. The molecule has 128 valence electrons. The van der Waals surface area contributed by atoms with Gasteiger partial charge in [0.1, 0.15) is 10.8 Å². The van der Waals surface area contributed by atoms with Crippen molar-refractivity contribution in [3.05, 3.63) is 65.2 Å². The molecular weight excluding hydrogens is 346 g/mol. The third kappa shape index (κ3) is 4.84. The van der Waals surface area contributed by atoms with Gasteiger partial charge in [-0.1, -0.05) is 24.3 Å². The van der Waals surface area contributed by atoms with Crippen LogP contribution in [0.25, 0.3) is 16.3 Å². The summed E-state index contributed by atoms with van der Waals surface area (Å²) in [6.45, 7) is -2.56. The van der Waals surface area contributed by atoms with Crippen LogP contribution in [0.4, 0.5) is 8.78 Å². The van der Waals surface area contributed by atoms with Crippen LogP contribution < -0.4 is 10.1 Å². The zero-order chi connectivity index (χ0) is 17.6. The quantitative estimate of drug-likeness (QED) is 0.670. The molecule has 2 aromatic carbocycles. The van der Waals surface area contributed by atoms with Gasteiger partial charge in [-0.15, -0.1) is 11.3 Å². The molecule has 25 heavy (non-hydrogen) atoms. The van der Waals surface area contributed by atoms with Crippen molar-refractivity contribution in [2.45, 2.75) is 13.2 Å². The molecule has 0 saturated heterocycles. The van der Waals surface area contributed by atoms with E-state index in [1.165, 1.54) is 29.5 Å². The van der Waals surface area contributed by atoms with E-state index >= 15 is 0 Å². The van der Waals surface area contributed by atoms with Crippen LogP contribution in [0.5, 0.6) is 5.75 Å². The molecule has 1 amide bonds. The van der Waals surface area contributed by atoms with Crippen molar-refractivity contribution in [2.75, 3.05) is 0 Å². The first-order valence-corrected chi connectivity index (χ1v) is 8.27. The number of nitrogens with zero attached hydrogens (tertiary/aromatic N) is 1. The lowest BCUT2D eigenvalue weighted by atomic mass is 10.2. The summed E-state index contributed by atoms with van der Waals surface area (Å²) in [4.78, 5) is 16.3. The number of hydrogen-bond donors (Lipinski definition) is 1. The molecule has 0 aliphatic rings. The van der Waals surface area contributed by atoms with E-state index in [2.05, 4.69) is 15.0 Å². The van der Waals surface area contributed by atoms with Crippen LogP contribution in [0.15, 0.2) is 54.6 Å². The Balaban J connectivity index is 1.53. The highest BCUT2D eigenvalue weighted by Gasteiger charge is 2.04. The van der Waals surface area contributed by atoms with Crippen LogP contribution in [-0.4, -0.2) is 17.5 Å². The van der Waals surface area contributed by atoms with Crippen LogP contribution in [0.1, 0.15) is 10.6 Å². The van der Waals surface area contributed by atoms with Gasteiger partial charge in [-0.25, -0.2) is 4.98 Å². The molecule has 0 fully saturated rings. The van der Waals surface area contributed by atoms with E-state index in [0.717, 1.165) is 20.8 Å². The van der Waals surface area contributed by atoms with E-state index in [-0.39, 0.29) is 18.2 Å². The van der Waals surface area contributed by atoms with Crippen molar-refractivity contribution in [1.29, 1.82) is 0 Å². The molecule has 0 aliphatic carbocycles. The molecule has 1 heterocycles. The number of thiazole rings is 1. The number of nitrogens with one attached hydrogen (secondary N) is 1. The Bertz CT molecular complexity index is 858. The molecule has 0 bridgehead atoms. The minimum atomic E-state index is -2.85. The largest absolute Gasteiger partial charge is 0.435 e. The number of halogens is 2.